The Labute approximate surface area is 200 Å². The van der Waals surface area contributed by atoms with Crippen LogP contribution in [-0.2, 0) is 11.2 Å². The number of rotatable bonds is 7. The summed E-state index contributed by atoms with van der Waals surface area (Å²) in [7, 11) is 1.57. The molecule has 3 aromatic rings. The van der Waals surface area contributed by atoms with Gasteiger partial charge in [0.05, 0.1) is 7.11 Å². The summed E-state index contributed by atoms with van der Waals surface area (Å²) in [6.45, 7) is 3.76. The summed E-state index contributed by atoms with van der Waals surface area (Å²) in [6, 6.07) is 15.7. The number of benzene rings is 2. The third-order valence-corrected chi connectivity index (χ3v) is 7.45. The molecule has 0 radical (unpaired) electrons. The summed E-state index contributed by atoms with van der Waals surface area (Å²) in [6.07, 6.45) is 7.89. The molecule has 1 aromatic heterocycles. The van der Waals surface area contributed by atoms with E-state index in [-0.39, 0.29) is 23.4 Å². The van der Waals surface area contributed by atoms with Crippen molar-refractivity contribution in [1.82, 2.24) is 4.98 Å². The molecule has 0 aliphatic heterocycles. The maximum Gasteiger partial charge on any atom is 0.213 e. The number of allylic oxidation sites excluding steroid dienone is 1. The molecule has 3 nitrogen and oxygen atoms in total. The summed E-state index contributed by atoms with van der Waals surface area (Å²) >= 11 is 0. The van der Waals surface area contributed by atoms with Crippen molar-refractivity contribution in [2.75, 3.05) is 7.11 Å². The first-order chi connectivity index (χ1) is 16.4. The van der Waals surface area contributed by atoms with Crippen LogP contribution >= 0.6 is 0 Å². The lowest BCUT2D eigenvalue weighted by Crippen LogP contribution is -2.19. The quantitative estimate of drug-likeness (QED) is 0.381. The van der Waals surface area contributed by atoms with Crippen molar-refractivity contribution in [2.45, 2.75) is 45.4 Å². The van der Waals surface area contributed by atoms with E-state index in [0.717, 1.165) is 35.1 Å². The smallest absolute Gasteiger partial charge is 0.213 e. The number of fused-ring (bicyclic) bond motifs is 1. The lowest BCUT2D eigenvalue weighted by Gasteiger charge is -2.25. The zero-order valence-corrected chi connectivity index (χ0v) is 20.0. The van der Waals surface area contributed by atoms with E-state index in [1.807, 2.05) is 24.3 Å². The van der Waals surface area contributed by atoms with Crippen molar-refractivity contribution in [3.05, 3.63) is 82.8 Å². The molecule has 1 fully saturated rings. The maximum atomic E-state index is 15.3. The second-order valence-corrected chi connectivity index (χ2v) is 9.67. The summed E-state index contributed by atoms with van der Waals surface area (Å²) in [5.41, 5.74) is 7.02. The highest BCUT2D eigenvalue weighted by atomic mass is 19.1. The normalized spacial score (nSPS) is 16.9. The molecular weight excluding hydrogens is 425 g/mol. The van der Waals surface area contributed by atoms with Gasteiger partial charge in [-0.25, -0.2) is 9.37 Å². The zero-order chi connectivity index (χ0) is 23.8. The fourth-order valence-corrected chi connectivity index (χ4v) is 5.26. The van der Waals surface area contributed by atoms with Crippen LogP contribution in [-0.4, -0.2) is 17.9 Å². The highest BCUT2D eigenvalue weighted by Gasteiger charge is 2.37. The van der Waals surface area contributed by atoms with Gasteiger partial charge >= 0.3 is 0 Å². The van der Waals surface area contributed by atoms with Gasteiger partial charge in [-0.1, -0.05) is 43.3 Å². The monoisotopic (exact) mass is 455 g/mol. The molecule has 5 rings (SSSR count). The third-order valence-electron chi connectivity index (χ3n) is 7.45. The second-order valence-electron chi connectivity index (χ2n) is 9.67. The molecule has 0 bridgehead atoms. The van der Waals surface area contributed by atoms with Crippen LogP contribution in [0.1, 0.15) is 61.3 Å². The van der Waals surface area contributed by atoms with Gasteiger partial charge < -0.3 is 4.74 Å². The van der Waals surface area contributed by atoms with Crippen molar-refractivity contribution < 1.29 is 13.9 Å². The predicted octanol–water partition coefficient (Wildman–Crippen LogP) is 7.10. The van der Waals surface area contributed by atoms with E-state index in [0.29, 0.717) is 17.4 Å². The van der Waals surface area contributed by atoms with Crippen molar-refractivity contribution in [2.24, 2.45) is 11.8 Å². The number of Topliss-reactive ketones (excluding diaryl/α,β-unsaturated/α-hetero) is 1. The Morgan fingerprint density at radius 2 is 1.85 bits per heavy atom. The van der Waals surface area contributed by atoms with Crippen molar-refractivity contribution in [1.29, 1.82) is 0 Å². The first-order valence-electron chi connectivity index (χ1n) is 12.1. The van der Waals surface area contributed by atoms with E-state index in [1.165, 1.54) is 24.0 Å². The van der Waals surface area contributed by atoms with E-state index in [2.05, 4.69) is 36.2 Å². The molecule has 0 unspecified atom stereocenters. The fourth-order valence-electron chi connectivity index (χ4n) is 5.26. The molecule has 2 atom stereocenters. The molecule has 1 heterocycles. The summed E-state index contributed by atoms with van der Waals surface area (Å²) in [5, 5.41) is 0. The van der Waals surface area contributed by atoms with E-state index in [4.69, 9.17) is 4.74 Å². The highest BCUT2D eigenvalue weighted by Crippen LogP contribution is 2.47. The topological polar surface area (TPSA) is 39.2 Å². The Balaban J connectivity index is 1.46. The standard InChI is InChI=1S/C30H30FNO2/c1-18(19(2)33)30(21-6-7-21)25-9-5-20-4-8-24(14-26(20)15-25)27-11-10-22(16-28(27)31)23-12-13-32-29(17-23)34-3/h5,9-18,21,30H,4,6-8H2,1-3H3/t18-,30+/m1/s1. The number of ketones is 1. The number of ether oxygens (including phenoxy) is 1. The SMILES string of the molecule is COc1cc(-c2ccc(C3=Cc4cc([C@H](C5CC5)[C@H](C)C(C)=O)ccc4CC3)c(F)c2)ccn1. The number of aromatic nitrogens is 1. The number of nitrogens with zero attached hydrogens (tertiary/aromatic N) is 1. The average Bonchev–Trinajstić information content (AvgIpc) is 3.68. The lowest BCUT2D eigenvalue weighted by molar-refractivity contribution is -0.121. The van der Waals surface area contributed by atoms with Gasteiger partial charge in [0.15, 0.2) is 0 Å². The number of pyridine rings is 1. The summed E-state index contributed by atoms with van der Waals surface area (Å²) in [5.74, 6) is 1.43. The van der Waals surface area contributed by atoms with Gasteiger partial charge in [-0.2, -0.15) is 0 Å². The zero-order valence-electron chi connectivity index (χ0n) is 20.0. The minimum atomic E-state index is -0.222. The third kappa shape index (κ3) is 4.42. The minimum absolute atomic E-state index is 0.0226. The van der Waals surface area contributed by atoms with Crippen LogP contribution < -0.4 is 4.74 Å². The summed E-state index contributed by atoms with van der Waals surface area (Å²) < 4.78 is 20.5. The van der Waals surface area contributed by atoms with Gasteiger partial charge in [0.2, 0.25) is 5.88 Å². The van der Waals surface area contributed by atoms with Crippen molar-refractivity contribution in [3.63, 3.8) is 0 Å². The van der Waals surface area contributed by atoms with E-state index >= 15 is 4.39 Å². The molecule has 2 aliphatic carbocycles. The molecule has 0 amide bonds. The van der Waals surface area contributed by atoms with E-state index in [1.54, 1.807) is 26.3 Å². The molecular formula is C30H30FNO2. The number of hydrogen-bond donors (Lipinski definition) is 0. The van der Waals surface area contributed by atoms with Gasteiger partial charge in [-0.3, -0.25) is 4.79 Å². The van der Waals surface area contributed by atoms with E-state index < -0.39 is 0 Å². The van der Waals surface area contributed by atoms with Gasteiger partial charge in [-0.05, 0) is 90.0 Å². The average molecular weight is 456 g/mol. The van der Waals surface area contributed by atoms with Crippen LogP contribution in [0.4, 0.5) is 4.39 Å². The maximum absolute atomic E-state index is 15.3. The predicted molar refractivity (Wildman–Crippen MR) is 134 cm³/mol. The van der Waals surface area contributed by atoms with Crippen LogP contribution in [0.3, 0.4) is 0 Å². The number of methoxy groups -OCH3 is 1. The van der Waals surface area contributed by atoms with Gasteiger partial charge in [0.1, 0.15) is 11.6 Å². The number of hydrogen-bond acceptors (Lipinski definition) is 3. The Morgan fingerprint density at radius 1 is 1.06 bits per heavy atom. The molecule has 0 N–H and O–H groups in total. The largest absolute Gasteiger partial charge is 0.481 e. The Hall–Kier alpha value is -3.27. The Kier molecular flexibility index (Phi) is 6.07. The lowest BCUT2D eigenvalue weighted by atomic mass is 9.79. The molecule has 0 spiro atoms. The van der Waals surface area contributed by atoms with Gasteiger partial charge in [0, 0.05) is 23.7 Å². The van der Waals surface area contributed by atoms with Crippen LogP contribution in [0.5, 0.6) is 5.88 Å². The number of halogens is 1. The molecule has 1 saturated carbocycles. The van der Waals surface area contributed by atoms with Crippen molar-refractivity contribution in [3.8, 4) is 17.0 Å². The number of carbonyl (C=O) groups is 1. The first kappa shape index (κ1) is 22.5. The van der Waals surface area contributed by atoms with Crippen LogP contribution in [0, 0.1) is 17.7 Å². The molecule has 2 aromatic carbocycles. The molecule has 4 heteroatoms. The summed E-state index contributed by atoms with van der Waals surface area (Å²) in [4.78, 5) is 16.3. The van der Waals surface area contributed by atoms with Crippen molar-refractivity contribution >= 4 is 17.4 Å². The van der Waals surface area contributed by atoms with Crippen LogP contribution in [0.2, 0.25) is 0 Å². The van der Waals surface area contributed by atoms with Gasteiger partial charge in [0.25, 0.3) is 0 Å². The Bertz CT molecular complexity index is 1270. The van der Waals surface area contributed by atoms with Crippen LogP contribution in [0.25, 0.3) is 22.8 Å². The minimum Gasteiger partial charge on any atom is -0.481 e. The molecule has 2 aliphatic rings. The fraction of sp³-hybridized carbons (Fsp3) is 0.333. The molecule has 0 saturated heterocycles. The van der Waals surface area contributed by atoms with E-state index in [9.17, 15) is 4.79 Å². The van der Waals surface area contributed by atoms with Crippen LogP contribution in [0.15, 0.2) is 54.7 Å². The Morgan fingerprint density at radius 3 is 2.56 bits per heavy atom. The molecule has 174 valence electrons. The van der Waals surface area contributed by atoms with Gasteiger partial charge in [-0.15, -0.1) is 0 Å². The second kappa shape index (κ2) is 9.17. The first-order valence-corrected chi connectivity index (χ1v) is 12.1. The highest BCUT2D eigenvalue weighted by molar-refractivity contribution is 5.86. The number of carbonyl (C=O) groups excluding carboxylic acids is 1. The number of aryl methyl sites for hydroxylation is 1. The molecule has 34 heavy (non-hydrogen) atoms.